The van der Waals surface area contributed by atoms with Gasteiger partial charge in [0, 0.05) is 16.9 Å². The van der Waals surface area contributed by atoms with Crippen molar-refractivity contribution in [2.75, 3.05) is 13.7 Å². The Labute approximate surface area is 232 Å². The molecule has 4 rings (SSSR count). The van der Waals surface area contributed by atoms with Crippen LogP contribution < -0.4 is 18.9 Å². The third kappa shape index (κ3) is 7.78. The molecule has 0 N–H and O–H groups in total. The quantitative estimate of drug-likeness (QED) is 0.101. The predicted octanol–water partition coefficient (Wildman–Crippen LogP) is 7.24. The molecule has 12 heteroatoms. The van der Waals surface area contributed by atoms with Gasteiger partial charge in [0.2, 0.25) is 0 Å². The Balaban J connectivity index is 1.64. The van der Waals surface area contributed by atoms with E-state index in [2.05, 4.69) is 4.74 Å². The Bertz CT molecular complexity index is 1270. The van der Waals surface area contributed by atoms with Crippen LogP contribution in [0.15, 0.2) is 59.8 Å². The fraction of sp³-hybridized carbons (Fsp3) is 0.308. The fourth-order valence-corrected chi connectivity index (χ4v) is 4.84. The molecular formula is C26H23Cl2F2NO6S. The standard InChI is InChI=1S/C26H23Cl2F2NO6S/c1-34-17-3-2-4-18(10-17)38-26(32)37-23(11-19-20(27)12-31(33)13-21(19)28)16-7-8-22(36-25(29)30)24(9-16)35-14-15-5-6-15/h2-4,7-10,12-13,15,23,25H,5-6,11,14H2,1H3. The molecule has 1 heterocycles. The highest BCUT2D eigenvalue weighted by atomic mass is 35.5. The number of carbonyl (C=O) groups is 1. The summed E-state index contributed by atoms with van der Waals surface area (Å²) in [6.07, 6.45) is 3.31. The summed E-state index contributed by atoms with van der Waals surface area (Å²) < 4.78 is 47.9. The number of aromatic nitrogens is 1. The number of hydrogen-bond donors (Lipinski definition) is 0. The molecule has 7 nitrogen and oxygen atoms in total. The molecule has 1 unspecified atom stereocenters. The number of benzene rings is 2. The first-order chi connectivity index (χ1) is 18.2. The molecular weight excluding hydrogens is 563 g/mol. The average Bonchev–Trinajstić information content (AvgIpc) is 3.69. The third-order valence-corrected chi connectivity index (χ3v) is 7.06. The van der Waals surface area contributed by atoms with Crippen molar-refractivity contribution in [3.05, 3.63) is 81.2 Å². The van der Waals surface area contributed by atoms with Crippen molar-refractivity contribution in [2.24, 2.45) is 5.92 Å². The molecule has 1 fully saturated rings. The van der Waals surface area contributed by atoms with E-state index < -0.39 is 18.0 Å². The molecule has 0 aliphatic heterocycles. The summed E-state index contributed by atoms with van der Waals surface area (Å²) in [5.41, 5.74) is 0.806. The van der Waals surface area contributed by atoms with E-state index in [1.807, 2.05) is 0 Å². The van der Waals surface area contributed by atoms with E-state index in [9.17, 15) is 18.8 Å². The number of hydrogen-bond acceptors (Lipinski definition) is 7. The maximum Gasteiger partial charge on any atom is 0.387 e. The first-order valence-electron chi connectivity index (χ1n) is 11.5. The molecule has 1 saturated carbocycles. The number of rotatable bonds is 11. The molecule has 1 aliphatic rings. The number of pyridine rings is 1. The van der Waals surface area contributed by atoms with Crippen molar-refractivity contribution in [1.29, 1.82) is 0 Å². The SMILES string of the molecule is COc1cccc(SC(=O)OC(Cc2c(Cl)c[n+]([O-])cc2Cl)c2ccc(OC(F)F)c(OCC3CC3)c2)c1. The lowest BCUT2D eigenvalue weighted by Gasteiger charge is -2.21. The van der Waals surface area contributed by atoms with Gasteiger partial charge in [-0.15, -0.1) is 0 Å². The highest BCUT2D eigenvalue weighted by molar-refractivity contribution is 8.13. The van der Waals surface area contributed by atoms with Crippen molar-refractivity contribution in [3.63, 3.8) is 0 Å². The largest absolute Gasteiger partial charge is 0.619 e. The summed E-state index contributed by atoms with van der Waals surface area (Å²) in [5.74, 6) is 0.883. The van der Waals surface area contributed by atoms with Crippen molar-refractivity contribution in [1.82, 2.24) is 0 Å². The molecule has 0 amide bonds. The summed E-state index contributed by atoms with van der Waals surface area (Å²) in [4.78, 5) is 13.5. The minimum absolute atomic E-state index is 0.0000332. The lowest BCUT2D eigenvalue weighted by Crippen LogP contribution is -2.25. The molecule has 0 saturated heterocycles. The van der Waals surface area contributed by atoms with Gasteiger partial charge in [-0.25, -0.2) is 4.79 Å². The summed E-state index contributed by atoms with van der Waals surface area (Å²) in [5, 5.41) is 11.2. The highest BCUT2D eigenvalue weighted by Crippen LogP contribution is 2.38. The Morgan fingerprint density at radius 3 is 2.53 bits per heavy atom. The van der Waals surface area contributed by atoms with E-state index in [0.717, 1.165) is 37.0 Å². The lowest BCUT2D eigenvalue weighted by molar-refractivity contribution is -0.605. The van der Waals surface area contributed by atoms with Crippen molar-refractivity contribution in [3.8, 4) is 17.2 Å². The number of ether oxygens (including phenoxy) is 4. The first kappa shape index (κ1) is 28.1. The van der Waals surface area contributed by atoms with Crippen LogP contribution in [0.1, 0.15) is 30.1 Å². The molecule has 0 radical (unpaired) electrons. The second-order valence-electron chi connectivity index (χ2n) is 8.47. The summed E-state index contributed by atoms with van der Waals surface area (Å²) in [6.45, 7) is -2.70. The predicted molar refractivity (Wildman–Crippen MR) is 138 cm³/mol. The first-order valence-corrected chi connectivity index (χ1v) is 13.1. The van der Waals surface area contributed by atoms with Crippen LogP contribution in [-0.2, 0) is 11.2 Å². The molecule has 2 aromatic carbocycles. The van der Waals surface area contributed by atoms with Gasteiger partial charge in [-0.1, -0.05) is 35.3 Å². The zero-order chi connectivity index (χ0) is 27.2. The zero-order valence-corrected chi connectivity index (χ0v) is 22.4. The monoisotopic (exact) mass is 585 g/mol. The molecule has 38 heavy (non-hydrogen) atoms. The number of carbonyl (C=O) groups excluding carboxylic acids is 1. The molecule has 0 bridgehead atoms. The summed E-state index contributed by atoms with van der Waals surface area (Å²) >= 11 is 13.4. The van der Waals surface area contributed by atoms with E-state index in [1.165, 1.54) is 25.3 Å². The molecule has 1 aliphatic carbocycles. The van der Waals surface area contributed by atoms with Crippen LogP contribution in [0.3, 0.4) is 0 Å². The molecule has 202 valence electrons. The molecule has 0 spiro atoms. The smallest absolute Gasteiger partial charge is 0.387 e. The van der Waals surface area contributed by atoms with Crippen LogP contribution >= 0.6 is 35.0 Å². The van der Waals surface area contributed by atoms with Crippen molar-refractivity contribution in [2.45, 2.75) is 36.9 Å². The normalized spacial score (nSPS) is 13.7. The second-order valence-corrected chi connectivity index (χ2v) is 10.3. The molecule has 1 aromatic heterocycles. The van der Waals surface area contributed by atoms with Gasteiger partial charge >= 0.3 is 11.9 Å². The minimum atomic E-state index is -3.04. The highest BCUT2D eigenvalue weighted by Gasteiger charge is 2.26. The van der Waals surface area contributed by atoms with Gasteiger partial charge < -0.3 is 24.2 Å². The van der Waals surface area contributed by atoms with Gasteiger partial charge in [0.25, 0.3) is 0 Å². The number of alkyl halides is 2. The Morgan fingerprint density at radius 1 is 1.13 bits per heavy atom. The van der Waals surface area contributed by atoms with Gasteiger partial charge in [-0.05, 0) is 66.4 Å². The van der Waals surface area contributed by atoms with E-state index in [0.29, 0.717) is 39.0 Å². The number of thioether (sulfide) groups is 1. The maximum absolute atomic E-state index is 13.0. The van der Waals surface area contributed by atoms with Gasteiger partial charge in [0.15, 0.2) is 23.9 Å². The van der Waals surface area contributed by atoms with Crippen LogP contribution in [0.25, 0.3) is 0 Å². The van der Waals surface area contributed by atoms with Gasteiger partial charge in [0.05, 0.1) is 13.7 Å². The van der Waals surface area contributed by atoms with Crippen LogP contribution in [0.2, 0.25) is 10.0 Å². The lowest BCUT2D eigenvalue weighted by atomic mass is 10.0. The Morgan fingerprint density at radius 2 is 1.87 bits per heavy atom. The third-order valence-electron chi connectivity index (χ3n) is 5.66. The van der Waals surface area contributed by atoms with Crippen LogP contribution in [0.4, 0.5) is 13.6 Å². The maximum atomic E-state index is 13.0. The minimum Gasteiger partial charge on any atom is -0.619 e. The van der Waals surface area contributed by atoms with Crippen LogP contribution in [0.5, 0.6) is 17.2 Å². The Kier molecular flexibility index (Phi) is 9.40. The van der Waals surface area contributed by atoms with Gasteiger partial charge in [-0.3, -0.25) is 0 Å². The number of methoxy groups -OCH3 is 1. The number of nitrogens with zero attached hydrogens (tertiary/aromatic N) is 1. The average molecular weight is 586 g/mol. The fourth-order valence-electron chi connectivity index (χ4n) is 3.56. The topological polar surface area (TPSA) is 80.9 Å². The second kappa shape index (κ2) is 12.7. The molecule has 3 aromatic rings. The summed E-state index contributed by atoms with van der Waals surface area (Å²) in [7, 11) is 1.52. The van der Waals surface area contributed by atoms with E-state index in [4.69, 9.17) is 37.4 Å². The number of halogens is 4. The van der Waals surface area contributed by atoms with Gasteiger partial charge in [0.1, 0.15) is 21.9 Å². The van der Waals surface area contributed by atoms with Crippen molar-refractivity contribution < 1.29 is 37.3 Å². The Hall–Kier alpha value is -2.95. The zero-order valence-electron chi connectivity index (χ0n) is 20.1. The van der Waals surface area contributed by atoms with E-state index >= 15 is 0 Å². The van der Waals surface area contributed by atoms with E-state index in [-0.39, 0.29) is 28.0 Å². The van der Waals surface area contributed by atoms with Gasteiger partial charge in [-0.2, -0.15) is 13.5 Å². The van der Waals surface area contributed by atoms with Crippen LogP contribution in [0, 0.1) is 11.1 Å². The van der Waals surface area contributed by atoms with Crippen LogP contribution in [-0.4, -0.2) is 25.6 Å². The van der Waals surface area contributed by atoms with E-state index in [1.54, 1.807) is 24.3 Å². The summed E-state index contributed by atoms with van der Waals surface area (Å²) in [6, 6.07) is 11.2. The van der Waals surface area contributed by atoms with Crippen molar-refractivity contribution >= 4 is 40.3 Å². The molecule has 1 atom stereocenters.